The normalized spacial score (nSPS) is 39.4. The predicted octanol–water partition coefficient (Wildman–Crippen LogP) is -2.53. The molecule has 2 aliphatic rings. The van der Waals surface area contributed by atoms with Gasteiger partial charge in [0.25, 0.3) is 0 Å². The van der Waals surface area contributed by atoms with Crippen molar-refractivity contribution in [2.45, 2.75) is 81.1 Å². The third kappa shape index (κ3) is 5.63. The first-order chi connectivity index (χ1) is 13.7. The Morgan fingerprint density at radius 2 is 2.07 bits per heavy atom. The molecule has 9 atom stereocenters. The van der Waals surface area contributed by atoms with Gasteiger partial charge in [0.15, 0.2) is 6.29 Å². The van der Waals surface area contributed by atoms with Crippen LogP contribution in [0.3, 0.4) is 0 Å². The molecule has 0 aromatic carbocycles. The van der Waals surface area contributed by atoms with Crippen LogP contribution in [0.5, 0.6) is 0 Å². The summed E-state index contributed by atoms with van der Waals surface area (Å²) in [7, 11) is 3.10. The Balaban J connectivity index is 2.16. The molecule has 1 saturated heterocycles. The van der Waals surface area contributed by atoms with Crippen LogP contribution in [0.1, 0.15) is 26.2 Å². The van der Waals surface area contributed by atoms with E-state index in [1.54, 1.807) is 7.05 Å². The smallest absolute Gasteiger partial charge is 0.244 e. The van der Waals surface area contributed by atoms with Gasteiger partial charge in [-0.25, -0.2) is 0 Å². The molecule has 2 fully saturated rings. The summed E-state index contributed by atoms with van der Waals surface area (Å²) >= 11 is 0. The van der Waals surface area contributed by atoms with Gasteiger partial charge in [0, 0.05) is 26.2 Å². The number of nitrogens with two attached hydrogens (primary N) is 4. The SMILES string of the molecule is COC1CC(N)C(OC2OC(C(C)N)CCC2N)C(O)C1N(C)C(=O)CN=CN. The maximum atomic E-state index is 12.4. The molecule has 0 aromatic heterocycles. The summed E-state index contributed by atoms with van der Waals surface area (Å²) in [5.74, 6) is -0.311. The van der Waals surface area contributed by atoms with Crippen LogP contribution in [0.4, 0.5) is 0 Å². The van der Waals surface area contributed by atoms with Crippen LogP contribution in [0.2, 0.25) is 0 Å². The number of ether oxygens (including phenoxy) is 3. The third-order valence-electron chi connectivity index (χ3n) is 5.79. The standard InChI is InChI=1S/C18H36N6O5/c1-9(20)12-5-4-10(21)18(28-12)29-17-11(22)6-13(27-3)15(16(17)26)24(2)14(25)7-23-8-19/h8-13,15-18,26H,4-7,20-22H2,1-3H3,(H2,19,23). The van der Waals surface area contributed by atoms with Crippen molar-refractivity contribution in [3.63, 3.8) is 0 Å². The molecule has 0 bridgehead atoms. The Kier molecular flexibility index (Phi) is 8.76. The Morgan fingerprint density at radius 1 is 1.38 bits per heavy atom. The number of aliphatic hydroxyl groups excluding tert-OH is 1. The van der Waals surface area contributed by atoms with E-state index < -0.39 is 36.7 Å². The molecule has 29 heavy (non-hydrogen) atoms. The van der Waals surface area contributed by atoms with Crippen molar-refractivity contribution in [3.05, 3.63) is 0 Å². The summed E-state index contributed by atoms with van der Waals surface area (Å²) in [6.45, 7) is 1.74. The van der Waals surface area contributed by atoms with Crippen molar-refractivity contribution < 1.29 is 24.1 Å². The number of nitrogens with zero attached hydrogens (tertiary/aromatic N) is 2. The van der Waals surface area contributed by atoms with Gasteiger partial charge in [-0.1, -0.05) is 0 Å². The fourth-order valence-electron chi connectivity index (χ4n) is 4.02. The average Bonchev–Trinajstić information content (AvgIpc) is 2.69. The van der Waals surface area contributed by atoms with Crippen LogP contribution in [-0.2, 0) is 19.0 Å². The molecule has 11 heteroatoms. The Morgan fingerprint density at radius 3 is 2.66 bits per heavy atom. The number of hydrogen-bond acceptors (Lipinski definition) is 9. The van der Waals surface area contributed by atoms with Crippen molar-refractivity contribution in [2.24, 2.45) is 27.9 Å². The molecule has 9 N–H and O–H groups in total. The van der Waals surface area contributed by atoms with Crippen LogP contribution >= 0.6 is 0 Å². The number of amides is 1. The summed E-state index contributed by atoms with van der Waals surface area (Å²) in [6, 6.07) is -1.73. The van der Waals surface area contributed by atoms with Gasteiger partial charge in [0.1, 0.15) is 18.8 Å². The molecule has 1 saturated carbocycles. The second-order valence-corrected chi connectivity index (χ2v) is 7.89. The molecule has 0 radical (unpaired) electrons. The van der Waals surface area contributed by atoms with Gasteiger partial charge in [-0.2, -0.15) is 0 Å². The summed E-state index contributed by atoms with van der Waals surface area (Å²) in [5, 5.41) is 11.1. The van der Waals surface area contributed by atoms with E-state index in [0.717, 1.165) is 12.8 Å². The topological polar surface area (TPSA) is 185 Å². The van der Waals surface area contributed by atoms with E-state index in [2.05, 4.69) is 4.99 Å². The Bertz CT molecular complexity index is 565. The number of rotatable bonds is 7. The molecule has 1 aliphatic heterocycles. The van der Waals surface area contributed by atoms with Gasteiger partial charge >= 0.3 is 0 Å². The maximum absolute atomic E-state index is 12.4. The summed E-state index contributed by atoms with van der Waals surface area (Å²) in [4.78, 5) is 17.6. The van der Waals surface area contributed by atoms with Gasteiger partial charge in [0.2, 0.25) is 5.91 Å². The van der Waals surface area contributed by atoms with Crippen LogP contribution < -0.4 is 22.9 Å². The first-order valence-corrected chi connectivity index (χ1v) is 9.95. The minimum atomic E-state index is -1.11. The van der Waals surface area contributed by atoms with E-state index in [0.29, 0.717) is 12.8 Å². The lowest BCUT2D eigenvalue weighted by atomic mass is 9.83. The van der Waals surface area contributed by atoms with E-state index in [9.17, 15) is 9.90 Å². The highest BCUT2D eigenvalue weighted by Crippen LogP contribution is 2.30. The number of carbonyl (C=O) groups is 1. The summed E-state index contributed by atoms with van der Waals surface area (Å²) in [6.07, 6.45) is -0.401. The molecule has 1 heterocycles. The van der Waals surface area contributed by atoms with Crippen molar-refractivity contribution in [3.8, 4) is 0 Å². The molecular weight excluding hydrogens is 380 g/mol. The molecule has 9 unspecified atom stereocenters. The number of hydrogen-bond donors (Lipinski definition) is 5. The number of methoxy groups -OCH3 is 1. The zero-order valence-electron chi connectivity index (χ0n) is 17.4. The van der Waals surface area contributed by atoms with Crippen molar-refractivity contribution >= 4 is 12.2 Å². The van der Waals surface area contributed by atoms with Gasteiger partial charge in [-0.3, -0.25) is 9.79 Å². The highest BCUT2D eigenvalue weighted by atomic mass is 16.7. The molecule has 0 spiro atoms. The van der Waals surface area contributed by atoms with Gasteiger partial charge in [0.05, 0.1) is 30.6 Å². The second-order valence-electron chi connectivity index (χ2n) is 7.89. The highest BCUT2D eigenvalue weighted by Gasteiger charge is 2.48. The highest BCUT2D eigenvalue weighted by molar-refractivity contribution is 5.79. The van der Waals surface area contributed by atoms with E-state index in [1.165, 1.54) is 12.0 Å². The zero-order chi connectivity index (χ0) is 21.7. The molecule has 1 amide bonds. The largest absolute Gasteiger partial charge is 0.390 e. The molecule has 168 valence electrons. The lowest BCUT2D eigenvalue weighted by Crippen LogP contribution is -2.67. The van der Waals surface area contributed by atoms with Crippen LogP contribution in [0.15, 0.2) is 4.99 Å². The Hall–Kier alpha value is -1.34. The van der Waals surface area contributed by atoms with Crippen LogP contribution in [0, 0.1) is 0 Å². The monoisotopic (exact) mass is 416 g/mol. The van der Waals surface area contributed by atoms with Gasteiger partial charge < -0.3 is 47.2 Å². The molecule has 2 rings (SSSR count). The number of carbonyl (C=O) groups excluding carboxylic acids is 1. The lowest BCUT2D eigenvalue weighted by molar-refractivity contribution is -0.257. The van der Waals surface area contributed by atoms with Crippen molar-refractivity contribution in [2.75, 3.05) is 20.7 Å². The Labute approximate surface area is 171 Å². The molecule has 0 aromatic rings. The quantitative estimate of drug-likeness (QED) is 0.220. The van der Waals surface area contributed by atoms with E-state index in [-0.39, 0.29) is 30.6 Å². The van der Waals surface area contributed by atoms with Gasteiger partial charge in [-0.05, 0) is 26.2 Å². The molecule has 11 nitrogen and oxygen atoms in total. The number of aliphatic imine (C=N–C) groups is 1. The van der Waals surface area contributed by atoms with Crippen LogP contribution in [0.25, 0.3) is 0 Å². The van der Waals surface area contributed by atoms with Crippen molar-refractivity contribution in [1.29, 1.82) is 0 Å². The van der Waals surface area contributed by atoms with E-state index in [1.807, 2.05) is 6.92 Å². The third-order valence-corrected chi connectivity index (χ3v) is 5.79. The van der Waals surface area contributed by atoms with Gasteiger partial charge in [-0.15, -0.1) is 0 Å². The number of likely N-dealkylation sites (N-methyl/N-ethyl adjacent to an activating group) is 1. The summed E-state index contributed by atoms with van der Waals surface area (Å²) < 4.78 is 17.5. The van der Waals surface area contributed by atoms with Crippen LogP contribution in [-0.4, -0.2) is 97.8 Å². The van der Waals surface area contributed by atoms with E-state index in [4.69, 9.17) is 37.1 Å². The first kappa shape index (κ1) is 23.9. The lowest BCUT2D eigenvalue weighted by Gasteiger charge is -2.48. The predicted molar refractivity (Wildman–Crippen MR) is 108 cm³/mol. The second kappa shape index (κ2) is 10.6. The first-order valence-electron chi connectivity index (χ1n) is 9.95. The number of aliphatic hydroxyl groups is 1. The summed E-state index contributed by atoms with van der Waals surface area (Å²) in [5.41, 5.74) is 23.6. The molecular formula is C18H36N6O5. The average molecular weight is 417 g/mol. The zero-order valence-corrected chi connectivity index (χ0v) is 17.4. The van der Waals surface area contributed by atoms with Crippen molar-refractivity contribution in [1.82, 2.24) is 4.90 Å². The fraction of sp³-hybridized carbons (Fsp3) is 0.889. The minimum absolute atomic E-state index is 0.128. The fourth-order valence-corrected chi connectivity index (χ4v) is 4.02. The maximum Gasteiger partial charge on any atom is 0.244 e. The minimum Gasteiger partial charge on any atom is -0.390 e. The van der Waals surface area contributed by atoms with E-state index >= 15 is 0 Å². The molecule has 1 aliphatic carbocycles.